The first-order valence-electron chi connectivity index (χ1n) is 6.69. The lowest BCUT2D eigenvalue weighted by Gasteiger charge is -2.38. The van der Waals surface area contributed by atoms with Crippen LogP contribution in [0, 0.1) is 5.41 Å². The second-order valence-corrected chi connectivity index (χ2v) is 5.65. The quantitative estimate of drug-likeness (QED) is 0.886. The molecule has 0 aliphatic carbocycles. The molecule has 1 saturated heterocycles. The molecule has 100 valence electrons. The molecule has 1 aromatic carbocycles. The molecule has 1 atom stereocenters. The van der Waals surface area contributed by atoms with Crippen LogP contribution in [0.25, 0.3) is 0 Å². The van der Waals surface area contributed by atoms with Crippen LogP contribution < -0.4 is 15.0 Å². The fourth-order valence-corrected chi connectivity index (χ4v) is 2.77. The molecule has 1 fully saturated rings. The number of benzene rings is 1. The Labute approximate surface area is 110 Å². The van der Waals surface area contributed by atoms with E-state index >= 15 is 0 Å². The molecular weight excluding hydrogens is 224 g/mol. The average molecular weight is 248 g/mol. The smallest absolute Gasteiger partial charge is 0.120 e. The minimum absolute atomic E-state index is 0.371. The summed E-state index contributed by atoms with van der Waals surface area (Å²) in [6.07, 6.45) is 2.58. The van der Waals surface area contributed by atoms with Crippen molar-refractivity contribution in [3.05, 3.63) is 24.3 Å². The van der Waals surface area contributed by atoms with Crippen molar-refractivity contribution >= 4 is 5.69 Å². The molecule has 1 heterocycles. The normalized spacial score (nSPS) is 23.7. The number of hydrogen-bond donors (Lipinski definition) is 1. The van der Waals surface area contributed by atoms with E-state index in [0.29, 0.717) is 5.41 Å². The average Bonchev–Trinajstić information content (AvgIpc) is 2.39. The molecule has 1 aromatic rings. The highest BCUT2D eigenvalue weighted by Gasteiger charge is 2.28. The van der Waals surface area contributed by atoms with E-state index in [2.05, 4.69) is 36.3 Å². The van der Waals surface area contributed by atoms with Crippen molar-refractivity contribution in [2.45, 2.75) is 19.8 Å². The zero-order valence-electron chi connectivity index (χ0n) is 11.7. The predicted molar refractivity (Wildman–Crippen MR) is 76.5 cm³/mol. The summed E-state index contributed by atoms with van der Waals surface area (Å²) < 4.78 is 5.28. The Morgan fingerprint density at radius 1 is 1.44 bits per heavy atom. The number of anilines is 1. The van der Waals surface area contributed by atoms with Crippen molar-refractivity contribution in [1.82, 2.24) is 5.32 Å². The van der Waals surface area contributed by atoms with Gasteiger partial charge in [0, 0.05) is 31.9 Å². The summed E-state index contributed by atoms with van der Waals surface area (Å²) in [5.41, 5.74) is 1.59. The van der Waals surface area contributed by atoms with E-state index < -0.39 is 0 Å². The van der Waals surface area contributed by atoms with Gasteiger partial charge in [-0.25, -0.2) is 0 Å². The summed E-state index contributed by atoms with van der Waals surface area (Å²) in [6.45, 7) is 5.72. The molecule has 0 amide bonds. The van der Waals surface area contributed by atoms with Gasteiger partial charge in [0.15, 0.2) is 0 Å². The van der Waals surface area contributed by atoms with Crippen molar-refractivity contribution < 1.29 is 4.74 Å². The number of methoxy groups -OCH3 is 1. The number of nitrogens with one attached hydrogen (secondary N) is 1. The van der Waals surface area contributed by atoms with Gasteiger partial charge in [-0.1, -0.05) is 13.0 Å². The van der Waals surface area contributed by atoms with E-state index in [4.69, 9.17) is 4.74 Å². The van der Waals surface area contributed by atoms with Crippen LogP contribution in [0.3, 0.4) is 0 Å². The van der Waals surface area contributed by atoms with Crippen LogP contribution >= 0.6 is 0 Å². The fourth-order valence-electron chi connectivity index (χ4n) is 2.77. The Kier molecular flexibility index (Phi) is 4.12. The maximum absolute atomic E-state index is 5.28. The molecule has 18 heavy (non-hydrogen) atoms. The van der Waals surface area contributed by atoms with E-state index in [0.717, 1.165) is 18.8 Å². The van der Waals surface area contributed by atoms with E-state index in [9.17, 15) is 0 Å². The number of rotatable bonds is 4. The van der Waals surface area contributed by atoms with Gasteiger partial charge in [0.25, 0.3) is 0 Å². The summed E-state index contributed by atoms with van der Waals surface area (Å²) >= 11 is 0. The van der Waals surface area contributed by atoms with Crippen molar-refractivity contribution in [2.24, 2.45) is 5.41 Å². The Hall–Kier alpha value is -1.22. The summed E-state index contributed by atoms with van der Waals surface area (Å²) in [4.78, 5) is 2.33. The van der Waals surface area contributed by atoms with Gasteiger partial charge in [-0.2, -0.15) is 0 Å². The van der Waals surface area contributed by atoms with Gasteiger partial charge in [-0.15, -0.1) is 0 Å². The molecule has 0 saturated carbocycles. The maximum Gasteiger partial charge on any atom is 0.120 e. The van der Waals surface area contributed by atoms with E-state index in [1.54, 1.807) is 7.11 Å². The molecule has 2 rings (SSSR count). The first-order chi connectivity index (χ1) is 8.63. The Balaban J connectivity index is 2.03. The molecule has 1 N–H and O–H groups in total. The van der Waals surface area contributed by atoms with Gasteiger partial charge in [0.2, 0.25) is 0 Å². The van der Waals surface area contributed by atoms with Crippen LogP contribution in [0.1, 0.15) is 19.8 Å². The molecule has 0 bridgehead atoms. The summed E-state index contributed by atoms with van der Waals surface area (Å²) in [7, 11) is 3.88. The van der Waals surface area contributed by atoms with Crippen molar-refractivity contribution in [3.8, 4) is 5.75 Å². The van der Waals surface area contributed by atoms with Crippen LogP contribution in [-0.2, 0) is 0 Å². The standard InChI is InChI=1S/C15H24N2O/c1-15(8-5-9-16-11-15)12-17(2)13-6-4-7-14(10-13)18-3/h4,6-7,10,16H,5,8-9,11-12H2,1-3H3. The van der Waals surface area contributed by atoms with Gasteiger partial charge in [0.1, 0.15) is 5.75 Å². The van der Waals surface area contributed by atoms with Crippen LogP contribution in [0.2, 0.25) is 0 Å². The molecule has 0 spiro atoms. The second-order valence-electron chi connectivity index (χ2n) is 5.65. The molecule has 3 nitrogen and oxygen atoms in total. The first kappa shape index (κ1) is 13.2. The monoisotopic (exact) mass is 248 g/mol. The van der Waals surface area contributed by atoms with E-state index in [1.165, 1.54) is 25.1 Å². The third-order valence-corrected chi connectivity index (χ3v) is 3.80. The van der Waals surface area contributed by atoms with Crippen molar-refractivity contribution in [1.29, 1.82) is 0 Å². The van der Waals surface area contributed by atoms with Crippen LogP contribution in [-0.4, -0.2) is 33.8 Å². The largest absolute Gasteiger partial charge is 0.497 e. The third kappa shape index (κ3) is 3.16. The molecule has 3 heteroatoms. The van der Waals surface area contributed by atoms with Gasteiger partial charge >= 0.3 is 0 Å². The molecule has 0 aromatic heterocycles. The van der Waals surface area contributed by atoms with Gasteiger partial charge < -0.3 is 15.0 Å². The zero-order valence-corrected chi connectivity index (χ0v) is 11.7. The Morgan fingerprint density at radius 3 is 2.94 bits per heavy atom. The SMILES string of the molecule is COc1cccc(N(C)CC2(C)CCCNC2)c1. The van der Waals surface area contributed by atoms with Gasteiger partial charge in [-0.05, 0) is 36.9 Å². The predicted octanol–water partition coefficient (Wildman–Crippen LogP) is 2.52. The minimum Gasteiger partial charge on any atom is -0.497 e. The molecular formula is C15H24N2O. The van der Waals surface area contributed by atoms with Crippen molar-refractivity contribution in [2.75, 3.05) is 38.7 Å². The van der Waals surface area contributed by atoms with Crippen molar-refractivity contribution in [3.63, 3.8) is 0 Å². The lowest BCUT2D eigenvalue weighted by Crippen LogP contribution is -2.44. The van der Waals surface area contributed by atoms with E-state index in [1.807, 2.05) is 12.1 Å². The highest BCUT2D eigenvalue weighted by atomic mass is 16.5. The topological polar surface area (TPSA) is 24.5 Å². The molecule has 1 aliphatic rings. The zero-order chi connectivity index (χ0) is 13.0. The second kappa shape index (κ2) is 5.61. The lowest BCUT2D eigenvalue weighted by atomic mass is 9.82. The highest BCUT2D eigenvalue weighted by molar-refractivity contribution is 5.50. The highest BCUT2D eigenvalue weighted by Crippen LogP contribution is 2.29. The maximum atomic E-state index is 5.28. The minimum atomic E-state index is 0.371. The number of piperidine rings is 1. The van der Waals surface area contributed by atoms with Crippen LogP contribution in [0.5, 0.6) is 5.75 Å². The summed E-state index contributed by atoms with van der Waals surface area (Å²) in [6, 6.07) is 8.27. The Morgan fingerprint density at radius 2 is 2.28 bits per heavy atom. The van der Waals surface area contributed by atoms with Crippen LogP contribution in [0.15, 0.2) is 24.3 Å². The molecule has 0 radical (unpaired) electrons. The van der Waals surface area contributed by atoms with E-state index in [-0.39, 0.29) is 0 Å². The first-order valence-corrected chi connectivity index (χ1v) is 6.69. The Bertz CT molecular complexity index is 386. The summed E-state index contributed by atoms with van der Waals surface area (Å²) in [5, 5.41) is 3.50. The number of hydrogen-bond acceptors (Lipinski definition) is 3. The third-order valence-electron chi connectivity index (χ3n) is 3.80. The number of ether oxygens (including phenoxy) is 1. The number of nitrogens with zero attached hydrogens (tertiary/aromatic N) is 1. The fraction of sp³-hybridized carbons (Fsp3) is 0.600. The van der Waals surface area contributed by atoms with Gasteiger partial charge in [0.05, 0.1) is 7.11 Å². The van der Waals surface area contributed by atoms with Gasteiger partial charge in [-0.3, -0.25) is 0 Å². The lowest BCUT2D eigenvalue weighted by molar-refractivity contribution is 0.243. The summed E-state index contributed by atoms with van der Waals surface area (Å²) in [5.74, 6) is 0.922. The molecule has 1 unspecified atom stereocenters. The molecule has 1 aliphatic heterocycles. The van der Waals surface area contributed by atoms with Crippen LogP contribution in [0.4, 0.5) is 5.69 Å².